The summed E-state index contributed by atoms with van der Waals surface area (Å²) in [7, 11) is 0. The van der Waals surface area contributed by atoms with E-state index in [1.807, 2.05) is 17.0 Å². The van der Waals surface area contributed by atoms with E-state index >= 15 is 0 Å². The van der Waals surface area contributed by atoms with Gasteiger partial charge < -0.3 is 17.1 Å². The first-order valence-corrected chi connectivity index (χ1v) is 9.33. The van der Waals surface area contributed by atoms with Crippen LogP contribution >= 0.6 is 0 Å². The predicted octanol–water partition coefficient (Wildman–Crippen LogP) is 1.75. The number of rotatable bonds is 13. The summed E-state index contributed by atoms with van der Waals surface area (Å²) in [6.07, 6.45) is 16.0. The lowest BCUT2D eigenvalue weighted by Gasteiger charge is -2.04. The van der Waals surface area contributed by atoms with Gasteiger partial charge >= 0.3 is 5.97 Å². The van der Waals surface area contributed by atoms with E-state index in [0.29, 0.717) is 13.0 Å². The van der Waals surface area contributed by atoms with Crippen LogP contribution in [0.3, 0.4) is 0 Å². The standard InChI is InChI=1S/C20H34NO2.ClH/c1-3-4-5-6-7-8-9-10-11-12-20(22)23-18-17-21-15-13-19(2)14-16-21;/h13-16H,3-12,17-18H2,1-2H3;1H/q+1;/p-1. The van der Waals surface area contributed by atoms with Crippen LogP contribution in [-0.4, -0.2) is 12.6 Å². The van der Waals surface area contributed by atoms with E-state index in [9.17, 15) is 4.79 Å². The zero-order chi connectivity index (χ0) is 16.8. The molecule has 24 heavy (non-hydrogen) atoms. The molecule has 0 saturated heterocycles. The van der Waals surface area contributed by atoms with E-state index in [4.69, 9.17) is 4.74 Å². The maximum Gasteiger partial charge on any atom is 0.306 e. The molecule has 0 amide bonds. The molecule has 1 aromatic rings. The van der Waals surface area contributed by atoms with Gasteiger partial charge in [0.15, 0.2) is 25.5 Å². The van der Waals surface area contributed by atoms with Crippen LogP contribution in [-0.2, 0) is 16.1 Å². The van der Waals surface area contributed by atoms with Crippen molar-refractivity contribution in [2.45, 2.75) is 84.6 Å². The van der Waals surface area contributed by atoms with Gasteiger partial charge in [-0.25, -0.2) is 4.57 Å². The molecule has 0 bridgehead atoms. The second-order valence-electron chi connectivity index (χ2n) is 6.41. The molecular weight excluding hydrogens is 322 g/mol. The highest BCUT2D eigenvalue weighted by atomic mass is 35.5. The third-order valence-corrected chi connectivity index (χ3v) is 4.15. The zero-order valence-electron chi connectivity index (χ0n) is 15.4. The first kappa shape index (κ1) is 22.9. The Labute approximate surface area is 154 Å². The van der Waals surface area contributed by atoms with E-state index in [-0.39, 0.29) is 18.4 Å². The number of hydrogen-bond acceptors (Lipinski definition) is 2. The van der Waals surface area contributed by atoms with Gasteiger partial charge in [-0.1, -0.05) is 58.3 Å². The molecule has 0 radical (unpaired) electrons. The summed E-state index contributed by atoms with van der Waals surface area (Å²) in [5, 5.41) is 0. The summed E-state index contributed by atoms with van der Waals surface area (Å²) in [5.41, 5.74) is 1.24. The lowest BCUT2D eigenvalue weighted by atomic mass is 10.1. The molecule has 0 spiro atoms. The van der Waals surface area contributed by atoms with Crippen molar-refractivity contribution in [2.75, 3.05) is 6.61 Å². The van der Waals surface area contributed by atoms with Gasteiger partial charge in [0.25, 0.3) is 0 Å². The average Bonchev–Trinajstić information content (AvgIpc) is 2.55. The number of nitrogens with zero attached hydrogens (tertiary/aromatic N) is 1. The number of carbonyl (C=O) groups is 1. The van der Waals surface area contributed by atoms with Crippen LogP contribution in [0, 0.1) is 6.92 Å². The molecule has 1 heterocycles. The quantitative estimate of drug-likeness (QED) is 0.306. The van der Waals surface area contributed by atoms with E-state index in [1.165, 1.54) is 50.5 Å². The Bertz CT molecular complexity index is 420. The van der Waals surface area contributed by atoms with Crippen molar-refractivity contribution in [1.82, 2.24) is 0 Å². The Morgan fingerprint density at radius 3 is 2.08 bits per heavy atom. The van der Waals surface area contributed by atoms with Crippen LogP contribution in [0.15, 0.2) is 24.5 Å². The maximum atomic E-state index is 11.7. The lowest BCUT2D eigenvalue weighted by Crippen LogP contribution is -3.00. The van der Waals surface area contributed by atoms with Gasteiger partial charge in [-0.05, 0) is 18.9 Å². The van der Waals surface area contributed by atoms with E-state index in [1.54, 1.807) is 0 Å². The predicted molar refractivity (Wildman–Crippen MR) is 94.2 cm³/mol. The number of unbranched alkanes of at least 4 members (excludes halogenated alkanes) is 8. The van der Waals surface area contributed by atoms with Gasteiger partial charge in [0.1, 0.15) is 0 Å². The number of esters is 1. The van der Waals surface area contributed by atoms with Crippen molar-refractivity contribution >= 4 is 5.97 Å². The monoisotopic (exact) mass is 355 g/mol. The molecule has 0 aliphatic heterocycles. The molecule has 3 nitrogen and oxygen atoms in total. The summed E-state index contributed by atoms with van der Waals surface area (Å²) in [4.78, 5) is 11.7. The Morgan fingerprint density at radius 1 is 0.958 bits per heavy atom. The molecule has 0 atom stereocenters. The number of ether oxygens (including phenoxy) is 1. The molecule has 0 saturated carbocycles. The number of halogens is 1. The normalized spacial score (nSPS) is 10.2. The van der Waals surface area contributed by atoms with Crippen LogP contribution in [0.4, 0.5) is 0 Å². The highest BCUT2D eigenvalue weighted by molar-refractivity contribution is 5.69. The van der Waals surface area contributed by atoms with E-state index < -0.39 is 0 Å². The molecule has 0 fully saturated rings. The van der Waals surface area contributed by atoms with Crippen LogP contribution < -0.4 is 17.0 Å². The first-order chi connectivity index (χ1) is 11.2. The topological polar surface area (TPSA) is 30.2 Å². The fourth-order valence-corrected chi connectivity index (χ4v) is 2.60. The Hall–Kier alpha value is -1.09. The molecule has 0 unspecified atom stereocenters. The van der Waals surface area contributed by atoms with Crippen molar-refractivity contribution in [3.05, 3.63) is 30.1 Å². The third kappa shape index (κ3) is 12.3. The number of aryl methyl sites for hydroxylation is 1. The smallest absolute Gasteiger partial charge is 0.306 e. The van der Waals surface area contributed by atoms with Crippen molar-refractivity contribution in [3.8, 4) is 0 Å². The minimum atomic E-state index is -0.0549. The number of hydrogen-bond donors (Lipinski definition) is 0. The molecule has 1 rings (SSSR count). The van der Waals surface area contributed by atoms with Crippen LogP contribution in [0.25, 0.3) is 0 Å². The molecular formula is C20H34ClNO2. The van der Waals surface area contributed by atoms with Gasteiger partial charge in [-0.3, -0.25) is 4.79 Å². The number of carbonyl (C=O) groups excluding carboxylic acids is 1. The average molecular weight is 356 g/mol. The second-order valence-corrected chi connectivity index (χ2v) is 6.41. The van der Waals surface area contributed by atoms with Crippen molar-refractivity contribution < 1.29 is 26.5 Å². The van der Waals surface area contributed by atoms with Gasteiger partial charge in [-0.2, -0.15) is 0 Å². The summed E-state index contributed by atoms with van der Waals surface area (Å²) in [6.45, 7) is 5.50. The minimum Gasteiger partial charge on any atom is -1.00 e. The zero-order valence-corrected chi connectivity index (χ0v) is 16.2. The molecule has 4 heteroatoms. The summed E-state index contributed by atoms with van der Waals surface area (Å²) in [5.74, 6) is -0.0549. The van der Waals surface area contributed by atoms with Gasteiger partial charge in [0, 0.05) is 18.6 Å². The summed E-state index contributed by atoms with van der Waals surface area (Å²) >= 11 is 0. The largest absolute Gasteiger partial charge is 1.00 e. The molecule has 1 aromatic heterocycles. The maximum absolute atomic E-state index is 11.7. The lowest BCUT2D eigenvalue weighted by molar-refractivity contribution is -0.698. The SMILES string of the molecule is CCCCCCCCCCCC(=O)OCC[n+]1ccc(C)cc1.[Cl-]. The van der Waals surface area contributed by atoms with E-state index in [0.717, 1.165) is 19.4 Å². The second kappa shape index (κ2) is 15.4. The third-order valence-electron chi connectivity index (χ3n) is 4.15. The number of pyridine rings is 1. The first-order valence-electron chi connectivity index (χ1n) is 9.33. The van der Waals surface area contributed by atoms with Crippen LogP contribution in [0.1, 0.15) is 76.7 Å². The fourth-order valence-electron chi connectivity index (χ4n) is 2.60. The van der Waals surface area contributed by atoms with Gasteiger partial charge in [-0.15, -0.1) is 0 Å². The molecule has 0 aliphatic carbocycles. The Balaban J connectivity index is 0.00000529. The van der Waals surface area contributed by atoms with Crippen molar-refractivity contribution in [3.63, 3.8) is 0 Å². The Morgan fingerprint density at radius 2 is 1.50 bits per heavy atom. The van der Waals surface area contributed by atoms with Gasteiger partial charge in [0.05, 0.1) is 0 Å². The molecule has 0 aliphatic rings. The molecule has 138 valence electrons. The molecule has 0 aromatic carbocycles. The highest BCUT2D eigenvalue weighted by Gasteiger charge is 2.05. The van der Waals surface area contributed by atoms with Crippen LogP contribution in [0.2, 0.25) is 0 Å². The van der Waals surface area contributed by atoms with Gasteiger partial charge in [0.2, 0.25) is 0 Å². The van der Waals surface area contributed by atoms with Crippen molar-refractivity contribution in [2.24, 2.45) is 0 Å². The fraction of sp³-hybridized carbons (Fsp3) is 0.700. The highest BCUT2D eigenvalue weighted by Crippen LogP contribution is 2.10. The number of aromatic nitrogens is 1. The van der Waals surface area contributed by atoms with Crippen LogP contribution in [0.5, 0.6) is 0 Å². The minimum absolute atomic E-state index is 0. The summed E-state index contributed by atoms with van der Waals surface area (Å²) in [6, 6.07) is 4.12. The molecule has 0 N–H and O–H groups in total. The Kier molecular flexibility index (Phi) is 14.7. The van der Waals surface area contributed by atoms with Crippen molar-refractivity contribution in [1.29, 1.82) is 0 Å². The van der Waals surface area contributed by atoms with E-state index in [2.05, 4.69) is 26.0 Å². The summed E-state index contributed by atoms with van der Waals surface area (Å²) < 4.78 is 7.33.